The molecule has 1 amide bonds. The Hall–Kier alpha value is -3.08. The van der Waals surface area contributed by atoms with Crippen LogP contribution in [0.1, 0.15) is 39.9 Å². The fourth-order valence-corrected chi connectivity index (χ4v) is 4.17. The smallest absolute Gasteiger partial charge is 0.349 e. The van der Waals surface area contributed by atoms with Crippen LogP contribution in [0.15, 0.2) is 42.7 Å². The number of nitrogens with one attached hydrogen (secondary N) is 1. The van der Waals surface area contributed by atoms with Crippen LogP contribution in [0.25, 0.3) is 16.8 Å². The highest BCUT2D eigenvalue weighted by Gasteiger charge is 2.73. The van der Waals surface area contributed by atoms with Gasteiger partial charge in [0.1, 0.15) is 0 Å². The van der Waals surface area contributed by atoms with Crippen LogP contribution in [0.3, 0.4) is 0 Å². The molecule has 4 rings (SSSR count). The first kappa shape index (κ1) is 26.0. The zero-order valence-electron chi connectivity index (χ0n) is 18.9. The molecule has 1 fully saturated rings. The molecule has 0 atom stereocenters. The summed E-state index contributed by atoms with van der Waals surface area (Å²) in [4.78, 5) is 12.5. The van der Waals surface area contributed by atoms with Crippen molar-refractivity contribution >= 4 is 17.5 Å². The zero-order valence-corrected chi connectivity index (χ0v) is 19.6. The molecule has 0 bridgehead atoms. The summed E-state index contributed by atoms with van der Waals surface area (Å²) >= 11 is 6.17. The number of carbonyl (C=O) groups excluding carboxylic acids is 1. The number of aromatic nitrogens is 2. The molecule has 0 spiro atoms. The minimum atomic E-state index is -6.21. The number of amides is 1. The van der Waals surface area contributed by atoms with Crippen molar-refractivity contribution in [2.45, 2.75) is 50.8 Å². The second-order valence-electron chi connectivity index (χ2n) is 8.73. The third kappa shape index (κ3) is 4.56. The Morgan fingerprint density at radius 1 is 0.972 bits per heavy atom. The number of alkyl halides is 7. The van der Waals surface area contributed by atoms with Gasteiger partial charge in [-0.3, -0.25) is 4.79 Å². The lowest BCUT2D eigenvalue weighted by Gasteiger charge is -2.31. The lowest BCUT2D eigenvalue weighted by molar-refractivity contribution is -0.348. The van der Waals surface area contributed by atoms with Crippen molar-refractivity contribution in [3.63, 3.8) is 0 Å². The van der Waals surface area contributed by atoms with Gasteiger partial charge in [0.2, 0.25) is 0 Å². The van der Waals surface area contributed by atoms with Gasteiger partial charge in [-0.05, 0) is 55.5 Å². The van der Waals surface area contributed by atoms with Crippen molar-refractivity contribution in [1.29, 1.82) is 0 Å². The fraction of sp³-hybridized carbons (Fsp3) is 0.333. The summed E-state index contributed by atoms with van der Waals surface area (Å²) in [5, 5.41) is 7.26. The third-order valence-corrected chi connectivity index (χ3v) is 6.27. The summed E-state index contributed by atoms with van der Waals surface area (Å²) in [5.41, 5.74) is -5.65. The molecule has 1 aromatic heterocycles. The molecule has 1 N–H and O–H groups in total. The Morgan fingerprint density at radius 2 is 1.56 bits per heavy atom. The van der Waals surface area contributed by atoms with E-state index in [0.29, 0.717) is 23.3 Å². The van der Waals surface area contributed by atoms with E-state index in [9.17, 15) is 35.5 Å². The summed E-state index contributed by atoms with van der Waals surface area (Å²) in [6.07, 6.45) is -7.71. The molecule has 36 heavy (non-hydrogen) atoms. The van der Waals surface area contributed by atoms with Crippen LogP contribution in [0, 0.1) is 13.8 Å². The van der Waals surface area contributed by atoms with E-state index in [1.807, 2.05) is 0 Å². The standard InChI is InChI=1S/C24H19ClF7N3O/c1-12-7-16(22(26,23(27,28)29)24(30,31)32)8-13(2)20(12)35-11-15(10-33-35)14-3-6-19(25)18(9-14)21(36)34-17-4-5-17/h3,6-11,17H,4-5H2,1-2H3,(H,34,36). The van der Waals surface area contributed by atoms with Crippen LogP contribution >= 0.6 is 11.6 Å². The molecule has 2 aromatic carbocycles. The van der Waals surface area contributed by atoms with Crippen molar-refractivity contribution in [2.24, 2.45) is 0 Å². The van der Waals surface area contributed by atoms with Gasteiger partial charge < -0.3 is 5.32 Å². The van der Waals surface area contributed by atoms with Gasteiger partial charge in [0, 0.05) is 23.4 Å². The Labute approximate surface area is 206 Å². The SMILES string of the molecule is Cc1cc(C(F)(C(F)(F)F)C(F)(F)F)cc(C)c1-n1cc(-c2ccc(Cl)c(C(=O)NC3CC3)c2)cn1. The Kier molecular flexibility index (Phi) is 6.35. The van der Waals surface area contributed by atoms with Crippen molar-refractivity contribution in [2.75, 3.05) is 0 Å². The lowest BCUT2D eigenvalue weighted by Crippen LogP contribution is -2.50. The Morgan fingerprint density at radius 3 is 2.08 bits per heavy atom. The summed E-state index contributed by atoms with van der Waals surface area (Å²) < 4.78 is 95.1. The minimum absolute atomic E-state index is 0.0456. The molecule has 3 aromatic rings. The lowest BCUT2D eigenvalue weighted by atomic mass is 9.90. The monoisotopic (exact) mass is 533 g/mol. The number of aryl methyl sites for hydroxylation is 2. The average Bonchev–Trinajstić information content (AvgIpc) is 3.44. The van der Waals surface area contributed by atoms with Gasteiger partial charge in [-0.2, -0.15) is 31.4 Å². The van der Waals surface area contributed by atoms with E-state index < -0.39 is 23.6 Å². The molecule has 4 nitrogen and oxygen atoms in total. The van der Waals surface area contributed by atoms with E-state index in [1.165, 1.54) is 37.0 Å². The zero-order chi connectivity index (χ0) is 26.6. The highest BCUT2D eigenvalue weighted by molar-refractivity contribution is 6.34. The maximum absolute atomic E-state index is 14.6. The third-order valence-electron chi connectivity index (χ3n) is 5.94. The number of nitrogens with zero attached hydrogens (tertiary/aromatic N) is 2. The highest BCUT2D eigenvalue weighted by Crippen LogP contribution is 2.53. The van der Waals surface area contributed by atoms with E-state index in [-0.39, 0.29) is 39.3 Å². The Bertz CT molecular complexity index is 1290. The Balaban J connectivity index is 1.71. The molecular formula is C24H19ClF7N3O. The van der Waals surface area contributed by atoms with Crippen LogP contribution in [-0.2, 0) is 5.67 Å². The average molecular weight is 534 g/mol. The van der Waals surface area contributed by atoms with Crippen molar-refractivity contribution in [3.05, 3.63) is 70.0 Å². The van der Waals surface area contributed by atoms with Gasteiger partial charge in [-0.25, -0.2) is 9.07 Å². The van der Waals surface area contributed by atoms with Crippen LogP contribution in [0.2, 0.25) is 5.02 Å². The van der Waals surface area contributed by atoms with Crippen LogP contribution < -0.4 is 5.32 Å². The fourth-order valence-electron chi connectivity index (χ4n) is 3.97. The quantitative estimate of drug-likeness (QED) is 0.359. The number of benzene rings is 2. The van der Waals surface area contributed by atoms with Crippen LogP contribution in [0.4, 0.5) is 30.7 Å². The van der Waals surface area contributed by atoms with E-state index in [4.69, 9.17) is 11.6 Å². The summed E-state index contributed by atoms with van der Waals surface area (Å²) in [7, 11) is 0. The van der Waals surface area contributed by atoms with Crippen LogP contribution in [0.5, 0.6) is 0 Å². The van der Waals surface area contributed by atoms with Crippen molar-refractivity contribution < 1.29 is 35.5 Å². The second-order valence-corrected chi connectivity index (χ2v) is 9.14. The molecule has 192 valence electrons. The predicted octanol–water partition coefficient (Wildman–Crippen LogP) is 6.99. The van der Waals surface area contributed by atoms with E-state index in [2.05, 4.69) is 10.4 Å². The van der Waals surface area contributed by atoms with E-state index in [1.54, 1.807) is 12.1 Å². The van der Waals surface area contributed by atoms with Crippen molar-refractivity contribution in [3.8, 4) is 16.8 Å². The molecule has 1 heterocycles. The summed E-state index contributed by atoms with van der Waals surface area (Å²) in [6.45, 7) is 2.53. The first-order chi connectivity index (χ1) is 16.6. The predicted molar refractivity (Wildman–Crippen MR) is 119 cm³/mol. The number of halogens is 8. The van der Waals surface area contributed by atoms with Gasteiger partial charge in [0.05, 0.1) is 22.5 Å². The van der Waals surface area contributed by atoms with Gasteiger partial charge >= 0.3 is 18.0 Å². The molecule has 1 saturated carbocycles. The molecule has 0 saturated heterocycles. The molecular weight excluding hydrogens is 515 g/mol. The normalized spacial score (nSPS) is 14.7. The number of rotatable bonds is 5. The summed E-state index contributed by atoms with van der Waals surface area (Å²) in [6, 6.07) is 5.90. The van der Waals surface area contributed by atoms with E-state index in [0.717, 1.165) is 12.8 Å². The number of hydrogen-bond acceptors (Lipinski definition) is 2. The van der Waals surface area contributed by atoms with E-state index >= 15 is 0 Å². The highest BCUT2D eigenvalue weighted by atomic mass is 35.5. The largest absolute Gasteiger partial charge is 0.435 e. The van der Waals surface area contributed by atoms with Crippen molar-refractivity contribution in [1.82, 2.24) is 15.1 Å². The van der Waals surface area contributed by atoms with Gasteiger partial charge in [0.25, 0.3) is 5.91 Å². The molecule has 12 heteroatoms. The molecule has 0 radical (unpaired) electrons. The molecule has 1 aliphatic rings. The minimum Gasteiger partial charge on any atom is -0.349 e. The van der Waals surface area contributed by atoms with Gasteiger partial charge in [0.15, 0.2) is 0 Å². The second kappa shape index (κ2) is 8.79. The van der Waals surface area contributed by atoms with Crippen LogP contribution in [-0.4, -0.2) is 34.1 Å². The number of carbonyl (C=O) groups is 1. The first-order valence-corrected chi connectivity index (χ1v) is 11.1. The number of hydrogen-bond donors (Lipinski definition) is 1. The molecule has 1 aliphatic carbocycles. The molecule has 0 aliphatic heterocycles. The molecule has 0 unspecified atom stereocenters. The van der Waals surface area contributed by atoms with Gasteiger partial charge in [-0.15, -0.1) is 0 Å². The topological polar surface area (TPSA) is 46.9 Å². The summed E-state index contributed by atoms with van der Waals surface area (Å²) in [5.74, 6) is -0.331. The van der Waals surface area contributed by atoms with Gasteiger partial charge in [-0.1, -0.05) is 29.8 Å². The maximum atomic E-state index is 14.6. The maximum Gasteiger partial charge on any atom is 0.435 e. The first-order valence-electron chi connectivity index (χ1n) is 10.7.